The SMILES string of the molecule is C=C[C@H](C)[C@]1(C(C)=O)O[B-](F)(F)OC1=[N+](C)C.C=C[C@H](C)[C@]1(C(C)=O)O[B-](F)(F)OC1=[N+](C)C. The quantitative estimate of drug-likeness (QED) is 0.245. The average molecular weight is 494 g/mol. The van der Waals surface area contributed by atoms with E-state index in [0.717, 1.165) is 0 Å². The standard InChI is InChI=1S/2C10H16BF2NO3/c2*1-6-7(2)10(8(3)15)9(14(4)5)16-11(12,13)17-10/h2*6-7H,1H2,2-5H3/t2*7-,10+/m00/s1. The third-order valence-electron chi connectivity index (χ3n) is 5.63. The molecule has 0 amide bonds. The van der Waals surface area contributed by atoms with Crippen molar-refractivity contribution in [2.24, 2.45) is 11.8 Å². The van der Waals surface area contributed by atoms with Crippen LogP contribution in [0.5, 0.6) is 0 Å². The Morgan fingerprint density at radius 3 is 1.24 bits per heavy atom. The van der Waals surface area contributed by atoms with Crippen LogP contribution in [-0.4, -0.2) is 86.1 Å². The predicted molar refractivity (Wildman–Crippen MR) is 120 cm³/mol. The largest absolute Gasteiger partial charge is 0.668 e. The molecule has 0 saturated carbocycles. The zero-order chi connectivity index (χ0) is 26.9. The van der Waals surface area contributed by atoms with E-state index in [1.165, 1.54) is 63.3 Å². The van der Waals surface area contributed by atoms with Gasteiger partial charge in [-0.2, -0.15) is 0 Å². The molecular formula is C20H32B2F4N2O6. The number of carbonyl (C=O) groups excluding carboxylic acids is 2. The minimum Gasteiger partial charge on any atom is -0.591 e. The van der Waals surface area contributed by atoms with Crippen molar-refractivity contribution >= 4 is 37.6 Å². The lowest BCUT2D eigenvalue weighted by atomic mass is 9.84. The van der Waals surface area contributed by atoms with Gasteiger partial charge in [0.2, 0.25) is 11.2 Å². The Bertz CT molecular complexity index is 860. The number of ketones is 2. The lowest BCUT2D eigenvalue weighted by Crippen LogP contribution is -2.51. The van der Waals surface area contributed by atoms with Gasteiger partial charge in [0.25, 0.3) is 0 Å². The summed E-state index contributed by atoms with van der Waals surface area (Å²) >= 11 is 0. The Labute approximate surface area is 197 Å². The highest BCUT2D eigenvalue weighted by Gasteiger charge is 2.64. The van der Waals surface area contributed by atoms with Crippen molar-refractivity contribution < 1.29 is 54.6 Å². The van der Waals surface area contributed by atoms with Crippen molar-refractivity contribution in [2.75, 3.05) is 28.2 Å². The molecule has 0 aromatic carbocycles. The van der Waals surface area contributed by atoms with E-state index in [1.54, 1.807) is 13.8 Å². The van der Waals surface area contributed by atoms with Gasteiger partial charge in [-0.1, -0.05) is 26.0 Å². The van der Waals surface area contributed by atoms with Crippen LogP contribution in [0.25, 0.3) is 0 Å². The fourth-order valence-electron chi connectivity index (χ4n) is 3.94. The predicted octanol–water partition coefficient (Wildman–Crippen LogP) is 2.46. The average Bonchev–Trinajstić information content (AvgIpc) is 3.19. The second-order valence-corrected chi connectivity index (χ2v) is 8.57. The molecule has 2 saturated heterocycles. The number of hydrogen-bond donors (Lipinski definition) is 0. The van der Waals surface area contributed by atoms with E-state index in [2.05, 4.69) is 31.8 Å². The molecule has 0 radical (unpaired) electrons. The number of hydrogen-bond acceptors (Lipinski definition) is 6. The minimum atomic E-state index is -4.47. The first-order valence-electron chi connectivity index (χ1n) is 10.5. The Morgan fingerprint density at radius 2 is 1.06 bits per heavy atom. The summed E-state index contributed by atoms with van der Waals surface area (Å²) in [7, 11) is -2.87. The maximum atomic E-state index is 13.3. The molecular weight excluding hydrogens is 462 g/mol. The molecule has 34 heavy (non-hydrogen) atoms. The Balaban J connectivity index is 0.000000340. The van der Waals surface area contributed by atoms with Gasteiger partial charge in [0.1, 0.15) is 28.2 Å². The molecule has 2 aliphatic rings. The molecule has 0 N–H and O–H groups in total. The summed E-state index contributed by atoms with van der Waals surface area (Å²) in [5.74, 6) is -2.66. The van der Waals surface area contributed by atoms with Crippen LogP contribution in [0, 0.1) is 11.8 Å². The monoisotopic (exact) mass is 494 g/mol. The third kappa shape index (κ3) is 5.27. The molecule has 2 rings (SSSR count). The van der Waals surface area contributed by atoms with Crippen molar-refractivity contribution in [3.63, 3.8) is 0 Å². The van der Waals surface area contributed by atoms with Crippen molar-refractivity contribution in [1.29, 1.82) is 0 Å². The highest BCUT2D eigenvalue weighted by Crippen LogP contribution is 2.39. The molecule has 0 aromatic heterocycles. The molecule has 0 aliphatic carbocycles. The normalized spacial score (nSPS) is 28.5. The van der Waals surface area contributed by atoms with Crippen LogP contribution in [0.4, 0.5) is 17.3 Å². The summed E-state index contributed by atoms with van der Waals surface area (Å²) in [4.78, 5) is 23.5. The molecule has 2 fully saturated rings. The number of halogens is 4. The van der Waals surface area contributed by atoms with Crippen molar-refractivity contribution in [1.82, 2.24) is 0 Å². The molecule has 192 valence electrons. The number of nitrogens with zero attached hydrogens (tertiary/aromatic N) is 2. The van der Waals surface area contributed by atoms with Gasteiger partial charge >= 0.3 is 26.0 Å². The van der Waals surface area contributed by atoms with E-state index < -0.39 is 48.8 Å². The lowest BCUT2D eigenvalue weighted by Gasteiger charge is -2.30. The summed E-state index contributed by atoms with van der Waals surface area (Å²) in [6.45, 7) is 12.6. The number of rotatable bonds is 6. The molecule has 14 heteroatoms. The van der Waals surface area contributed by atoms with Gasteiger partial charge in [-0.25, -0.2) is 9.15 Å². The highest BCUT2D eigenvalue weighted by atomic mass is 19.3. The van der Waals surface area contributed by atoms with Gasteiger partial charge in [-0.05, 0) is 13.8 Å². The maximum Gasteiger partial charge on any atom is 0.668 e. The lowest BCUT2D eigenvalue weighted by molar-refractivity contribution is -0.475. The van der Waals surface area contributed by atoms with Gasteiger partial charge in [-0.15, -0.1) is 13.2 Å². The summed E-state index contributed by atoms with van der Waals surface area (Å²) in [5.41, 5.74) is -3.57. The van der Waals surface area contributed by atoms with E-state index in [9.17, 15) is 26.9 Å². The van der Waals surface area contributed by atoms with Crippen molar-refractivity contribution in [3.8, 4) is 0 Å². The van der Waals surface area contributed by atoms with Crippen LogP contribution in [0.3, 0.4) is 0 Å². The van der Waals surface area contributed by atoms with Crippen LogP contribution in [0.1, 0.15) is 27.7 Å². The van der Waals surface area contributed by atoms with E-state index in [0.29, 0.717) is 0 Å². The molecule has 8 nitrogen and oxygen atoms in total. The summed E-state index contributed by atoms with van der Waals surface area (Å²) in [6.07, 6.45) is 2.79. The first-order valence-corrected chi connectivity index (χ1v) is 10.5. The zero-order valence-corrected chi connectivity index (χ0v) is 20.7. The van der Waals surface area contributed by atoms with Crippen LogP contribution in [0.2, 0.25) is 0 Å². The molecule has 4 atom stereocenters. The smallest absolute Gasteiger partial charge is 0.591 e. The zero-order valence-electron chi connectivity index (χ0n) is 20.7. The van der Waals surface area contributed by atoms with Crippen LogP contribution >= 0.6 is 0 Å². The molecule has 0 bridgehead atoms. The molecule has 2 heterocycles. The van der Waals surface area contributed by atoms with E-state index in [4.69, 9.17) is 0 Å². The van der Waals surface area contributed by atoms with Gasteiger partial charge in [0, 0.05) is 11.8 Å². The van der Waals surface area contributed by atoms with Gasteiger partial charge in [0.15, 0.2) is 11.6 Å². The summed E-state index contributed by atoms with van der Waals surface area (Å²) in [6, 6.07) is 0. The van der Waals surface area contributed by atoms with Crippen LogP contribution < -0.4 is 0 Å². The molecule has 0 aromatic rings. The van der Waals surface area contributed by atoms with Gasteiger partial charge in [-0.3, -0.25) is 9.59 Å². The van der Waals surface area contributed by atoms with Gasteiger partial charge < -0.3 is 35.9 Å². The number of carbonyl (C=O) groups is 2. The Kier molecular flexibility index (Phi) is 8.72. The van der Waals surface area contributed by atoms with Crippen molar-refractivity contribution in [2.45, 2.75) is 38.9 Å². The van der Waals surface area contributed by atoms with Crippen LogP contribution in [0.15, 0.2) is 25.3 Å². The summed E-state index contributed by atoms with van der Waals surface area (Å²) in [5, 5.41) is 0. The molecule has 2 aliphatic heterocycles. The molecule has 0 unspecified atom stereocenters. The van der Waals surface area contributed by atoms with Gasteiger partial charge in [0.05, 0.1) is 0 Å². The van der Waals surface area contributed by atoms with E-state index in [1.807, 2.05) is 0 Å². The topological polar surface area (TPSA) is 77.1 Å². The second kappa shape index (κ2) is 10.0. The first kappa shape index (κ1) is 29.6. The summed E-state index contributed by atoms with van der Waals surface area (Å²) < 4.78 is 74.1. The fourth-order valence-corrected chi connectivity index (χ4v) is 3.94. The van der Waals surface area contributed by atoms with Crippen molar-refractivity contribution in [3.05, 3.63) is 25.3 Å². The second-order valence-electron chi connectivity index (χ2n) is 8.57. The Morgan fingerprint density at radius 1 is 0.794 bits per heavy atom. The van der Waals surface area contributed by atoms with E-state index >= 15 is 0 Å². The van der Waals surface area contributed by atoms with Crippen LogP contribution in [-0.2, 0) is 28.2 Å². The minimum absolute atomic E-state index is 0.178. The maximum absolute atomic E-state index is 13.3. The third-order valence-corrected chi connectivity index (χ3v) is 5.63. The first-order chi connectivity index (χ1) is 15.3. The molecule has 0 spiro atoms. The number of Topliss-reactive ketones (excluding diaryl/α,β-unsaturated/α-hetero) is 2. The van der Waals surface area contributed by atoms with E-state index in [-0.39, 0.29) is 11.8 Å². The highest BCUT2D eigenvalue weighted by molar-refractivity contribution is 6.58. The Hall–Kier alpha value is -2.47. The fraction of sp³-hybridized carbons (Fsp3) is 0.600.